The summed E-state index contributed by atoms with van der Waals surface area (Å²) >= 11 is 0. The van der Waals surface area contributed by atoms with Gasteiger partial charge in [0.05, 0.1) is 19.3 Å². The van der Waals surface area contributed by atoms with Crippen molar-refractivity contribution in [2.45, 2.75) is 25.8 Å². The molecule has 0 unspecified atom stereocenters. The van der Waals surface area contributed by atoms with E-state index in [1.54, 1.807) is 6.20 Å². The summed E-state index contributed by atoms with van der Waals surface area (Å²) in [6, 6.07) is 8.74. The highest BCUT2D eigenvalue weighted by Crippen LogP contribution is 2.20. The number of benzene rings is 1. The topological polar surface area (TPSA) is 47.6 Å². The molecule has 18 heavy (non-hydrogen) atoms. The van der Waals surface area contributed by atoms with E-state index in [9.17, 15) is 0 Å². The number of allylic oxidation sites excluding steroid dienone is 1. The second-order valence-corrected chi connectivity index (χ2v) is 4.87. The Hall–Kier alpha value is -1.61. The summed E-state index contributed by atoms with van der Waals surface area (Å²) < 4.78 is 5.09. The zero-order chi connectivity index (χ0) is 13.0. The van der Waals surface area contributed by atoms with Crippen LogP contribution in [0, 0.1) is 0 Å². The molecule has 2 N–H and O–H groups in total. The Balaban J connectivity index is 2.16. The molecule has 3 heteroatoms. The lowest BCUT2D eigenvalue weighted by molar-refractivity contribution is 0.0136. The SMILES string of the molecule is CC(C)c1cccc(/C(C=NC2COC2)=C/N)c1. The number of hydrogen-bond acceptors (Lipinski definition) is 3. The minimum absolute atomic E-state index is 0.299. The zero-order valence-electron chi connectivity index (χ0n) is 11.0. The van der Waals surface area contributed by atoms with E-state index < -0.39 is 0 Å². The van der Waals surface area contributed by atoms with Crippen LogP contribution in [0.25, 0.3) is 5.57 Å². The van der Waals surface area contributed by atoms with Crippen LogP contribution in [-0.4, -0.2) is 25.5 Å². The highest BCUT2D eigenvalue weighted by Gasteiger charge is 2.15. The van der Waals surface area contributed by atoms with Crippen LogP contribution in [0.15, 0.2) is 35.5 Å². The van der Waals surface area contributed by atoms with Crippen LogP contribution in [0.2, 0.25) is 0 Å². The van der Waals surface area contributed by atoms with Gasteiger partial charge < -0.3 is 10.5 Å². The van der Waals surface area contributed by atoms with E-state index >= 15 is 0 Å². The Morgan fingerprint density at radius 3 is 2.78 bits per heavy atom. The number of hydrogen-bond donors (Lipinski definition) is 1. The molecule has 1 aliphatic rings. The van der Waals surface area contributed by atoms with Crippen LogP contribution in [0.3, 0.4) is 0 Å². The van der Waals surface area contributed by atoms with Crippen LogP contribution < -0.4 is 5.73 Å². The van der Waals surface area contributed by atoms with Crippen LogP contribution in [0.5, 0.6) is 0 Å². The van der Waals surface area contributed by atoms with E-state index in [-0.39, 0.29) is 0 Å². The molecule has 0 atom stereocenters. The van der Waals surface area contributed by atoms with E-state index in [2.05, 4.69) is 43.1 Å². The molecule has 1 saturated heterocycles. The van der Waals surface area contributed by atoms with Gasteiger partial charge in [-0.15, -0.1) is 0 Å². The molecule has 1 aliphatic heterocycles. The predicted molar refractivity (Wildman–Crippen MR) is 75.8 cm³/mol. The van der Waals surface area contributed by atoms with Crippen LogP contribution >= 0.6 is 0 Å². The van der Waals surface area contributed by atoms with E-state index in [1.807, 2.05) is 6.21 Å². The number of nitrogens with zero attached hydrogens (tertiary/aromatic N) is 1. The van der Waals surface area contributed by atoms with Gasteiger partial charge in [-0.2, -0.15) is 0 Å². The zero-order valence-corrected chi connectivity index (χ0v) is 11.0. The number of rotatable bonds is 4. The molecule has 0 bridgehead atoms. The first kappa shape index (κ1) is 12.8. The molecule has 1 heterocycles. The van der Waals surface area contributed by atoms with Crippen molar-refractivity contribution in [3.63, 3.8) is 0 Å². The molecule has 0 aliphatic carbocycles. The first-order chi connectivity index (χ1) is 8.70. The first-order valence-electron chi connectivity index (χ1n) is 6.34. The lowest BCUT2D eigenvalue weighted by atomic mass is 9.98. The van der Waals surface area contributed by atoms with Crippen molar-refractivity contribution in [3.8, 4) is 0 Å². The first-order valence-corrected chi connectivity index (χ1v) is 6.34. The van der Waals surface area contributed by atoms with Gasteiger partial charge in [-0.25, -0.2) is 0 Å². The smallest absolute Gasteiger partial charge is 0.0966 e. The molecule has 2 rings (SSSR count). The maximum Gasteiger partial charge on any atom is 0.0966 e. The molecule has 0 spiro atoms. The second kappa shape index (κ2) is 5.83. The monoisotopic (exact) mass is 244 g/mol. The quantitative estimate of drug-likeness (QED) is 0.827. The van der Waals surface area contributed by atoms with Gasteiger partial charge in [-0.1, -0.05) is 38.1 Å². The van der Waals surface area contributed by atoms with Crippen molar-refractivity contribution in [2.24, 2.45) is 10.7 Å². The van der Waals surface area contributed by atoms with E-state index in [0.717, 1.165) is 24.4 Å². The predicted octanol–water partition coefficient (Wildman–Crippen LogP) is 2.58. The Morgan fingerprint density at radius 2 is 2.22 bits per heavy atom. The molecular weight excluding hydrogens is 224 g/mol. The van der Waals surface area contributed by atoms with Gasteiger partial charge in [0.25, 0.3) is 0 Å². The minimum atomic E-state index is 0.299. The van der Waals surface area contributed by atoms with Crippen LogP contribution in [-0.2, 0) is 4.74 Å². The third-order valence-corrected chi connectivity index (χ3v) is 3.11. The van der Waals surface area contributed by atoms with Crippen molar-refractivity contribution in [3.05, 3.63) is 41.6 Å². The Labute approximate surface area is 108 Å². The molecule has 0 saturated carbocycles. The molecule has 1 aromatic carbocycles. The number of aliphatic imine (C=N–C) groups is 1. The number of ether oxygens (including phenoxy) is 1. The molecule has 0 radical (unpaired) electrons. The molecule has 0 amide bonds. The molecule has 0 aromatic heterocycles. The molecular formula is C15H20N2O. The highest BCUT2D eigenvalue weighted by atomic mass is 16.5. The fourth-order valence-electron chi connectivity index (χ4n) is 1.79. The lowest BCUT2D eigenvalue weighted by Crippen LogP contribution is -2.31. The summed E-state index contributed by atoms with van der Waals surface area (Å²) in [6.45, 7) is 5.82. The van der Waals surface area contributed by atoms with Gasteiger partial charge in [0, 0.05) is 18.0 Å². The molecule has 1 fully saturated rings. The van der Waals surface area contributed by atoms with E-state index in [0.29, 0.717) is 12.0 Å². The molecule has 1 aromatic rings. The third kappa shape index (κ3) is 2.99. The summed E-state index contributed by atoms with van der Waals surface area (Å²) in [5, 5.41) is 0. The van der Waals surface area contributed by atoms with E-state index in [4.69, 9.17) is 10.5 Å². The van der Waals surface area contributed by atoms with Crippen molar-refractivity contribution in [1.29, 1.82) is 0 Å². The van der Waals surface area contributed by atoms with Crippen molar-refractivity contribution in [1.82, 2.24) is 0 Å². The van der Waals surface area contributed by atoms with Gasteiger partial charge in [-0.3, -0.25) is 4.99 Å². The van der Waals surface area contributed by atoms with Crippen LogP contribution in [0.1, 0.15) is 30.9 Å². The van der Waals surface area contributed by atoms with Crippen molar-refractivity contribution >= 4 is 11.8 Å². The standard InChI is InChI=1S/C15H20N2O/c1-11(2)12-4-3-5-13(6-12)14(7-16)8-17-15-9-18-10-15/h3-8,11,15H,9-10,16H2,1-2H3/b14-7+,17-8?. The maximum absolute atomic E-state index is 5.69. The van der Waals surface area contributed by atoms with Gasteiger partial charge in [-0.05, 0) is 17.0 Å². The van der Waals surface area contributed by atoms with Gasteiger partial charge in [0.15, 0.2) is 0 Å². The normalized spacial score (nSPS) is 17.4. The summed E-state index contributed by atoms with van der Waals surface area (Å²) in [7, 11) is 0. The molecule has 96 valence electrons. The second-order valence-electron chi connectivity index (χ2n) is 4.87. The van der Waals surface area contributed by atoms with Gasteiger partial charge >= 0.3 is 0 Å². The summed E-state index contributed by atoms with van der Waals surface area (Å²) in [5.41, 5.74) is 9.09. The average Bonchev–Trinajstić information content (AvgIpc) is 2.32. The fraction of sp³-hybridized carbons (Fsp3) is 0.400. The summed E-state index contributed by atoms with van der Waals surface area (Å²) in [6.07, 6.45) is 3.47. The van der Waals surface area contributed by atoms with Gasteiger partial charge in [0.1, 0.15) is 0 Å². The number of nitrogens with two attached hydrogens (primary N) is 1. The van der Waals surface area contributed by atoms with E-state index in [1.165, 1.54) is 5.56 Å². The minimum Gasteiger partial charge on any atom is -0.404 e. The van der Waals surface area contributed by atoms with Crippen molar-refractivity contribution < 1.29 is 4.74 Å². The summed E-state index contributed by atoms with van der Waals surface area (Å²) in [5.74, 6) is 0.515. The third-order valence-electron chi connectivity index (χ3n) is 3.11. The molecule has 3 nitrogen and oxygen atoms in total. The maximum atomic E-state index is 5.69. The Bertz CT molecular complexity index is 459. The summed E-state index contributed by atoms with van der Waals surface area (Å²) in [4.78, 5) is 4.45. The van der Waals surface area contributed by atoms with Crippen LogP contribution in [0.4, 0.5) is 0 Å². The van der Waals surface area contributed by atoms with Crippen molar-refractivity contribution in [2.75, 3.05) is 13.2 Å². The van der Waals surface area contributed by atoms with Gasteiger partial charge in [0.2, 0.25) is 0 Å². The lowest BCUT2D eigenvalue weighted by Gasteiger charge is -2.21. The largest absolute Gasteiger partial charge is 0.404 e. The Morgan fingerprint density at radius 1 is 1.44 bits per heavy atom. The Kier molecular flexibility index (Phi) is 4.15. The highest BCUT2D eigenvalue weighted by molar-refractivity contribution is 6.09. The average molecular weight is 244 g/mol. The fourth-order valence-corrected chi connectivity index (χ4v) is 1.79.